The molecule has 0 bridgehead atoms. The lowest BCUT2D eigenvalue weighted by Crippen LogP contribution is -2.20. The third-order valence-corrected chi connectivity index (χ3v) is 3.47. The minimum Gasteiger partial charge on any atom is -0.492 e. The van der Waals surface area contributed by atoms with Crippen molar-refractivity contribution in [2.24, 2.45) is 0 Å². The van der Waals surface area contributed by atoms with E-state index < -0.39 is 0 Å². The fourth-order valence-corrected chi connectivity index (χ4v) is 2.39. The van der Waals surface area contributed by atoms with Crippen molar-refractivity contribution in [1.82, 2.24) is 5.32 Å². The van der Waals surface area contributed by atoms with Gasteiger partial charge in [0, 0.05) is 22.6 Å². The maximum atomic E-state index is 6.14. The number of halogens is 2. The van der Waals surface area contributed by atoms with E-state index in [0.29, 0.717) is 6.61 Å². The fraction of sp³-hybridized carbons (Fsp3) is 0.200. The van der Waals surface area contributed by atoms with Gasteiger partial charge in [-0.3, -0.25) is 0 Å². The zero-order chi connectivity index (χ0) is 13.5. The number of hydrogen-bond donors (Lipinski definition) is 1. The predicted octanol–water partition coefficient (Wildman–Crippen LogP) is 4.27. The number of ether oxygens (including phenoxy) is 1. The molecule has 0 heterocycles. The molecule has 0 unspecified atom stereocenters. The zero-order valence-corrected chi connectivity index (χ0v) is 12.7. The first-order valence-electron chi connectivity index (χ1n) is 6.08. The predicted molar refractivity (Wildman–Crippen MR) is 82.8 cm³/mol. The summed E-state index contributed by atoms with van der Waals surface area (Å²) in [6.07, 6.45) is 0. The normalized spacial score (nSPS) is 10.4. The van der Waals surface area contributed by atoms with Crippen LogP contribution in [0.5, 0.6) is 5.75 Å². The summed E-state index contributed by atoms with van der Waals surface area (Å²) < 4.78 is 6.58. The molecule has 0 saturated carbocycles. The zero-order valence-electron chi connectivity index (χ0n) is 10.4. The molecule has 0 atom stereocenters. The van der Waals surface area contributed by atoms with Gasteiger partial charge in [-0.2, -0.15) is 0 Å². The van der Waals surface area contributed by atoms with Crippen LogP contribution >= 0.6 is 27.5 Å². The molecule has 4 heteroatoms. The van der Waals surface area contributed by atoms with Gasteiger partial charge < -0.3 is 10.1 Å². The first kappa shape index (κ1) is 14.4. The Morgan fingerprint density at radius 3 is 2.63 bits per heavy atom. The van der Waals surface area contributed by atoms with Crippen LogP contribution in [0.2, 0.25) is 5.02 Å². The Morgan fingerprint density at radius 1 is 1.11 bits per heavy atom. The van der Waals surface area contributed by atoms with Crippen LogP contribution in [0, 0.1) is 0 Å². The number of benzene rings is 2. The molecule has 2 aromatic carbocycles. The van der Waals surface area contributed by atoms with Gasteiger partial charge >= 0.3 is 0 Å². The number of para-hydroxylation sites is 1. The number of hydrogen-bond acceptors (Lipinski definition) is 2. The van der Waals surface area contributed by atoms with E-state index in [1.54, 1.807) is 0 Å². The van der Waals surface area contributed by atoms with Gasteiger partial charge in [-0.1, -0.05) is 51.8 Å². The molecule has 0 spiro atoms. The average molecular weight is 341 g/mol. The molecule has 0 radical (unpaired) electrons. The van der Waals surface area contributed by atoms with Gasteiger partial charge in [0.2, 0.25) is 0 Å². The fourth-order valence-electron chi connectivity index (χ4n) is 1.65. The summed E-state index contributed by atoms with van der Waals surface area (Å²) in [7, 11) is 0. The molecule has 100 valence electrons. The van der Waals surface area contributed by atoms with Crippen molar-refractivity contribution in [1.29, 1.82) is 0 Å². The maximum absolute atomic E-state index is 6.14. The highest BCUT2D eigenvalue weighted by Gasteiger charge is 2.00. The van der Waals surface area contributed by atoms with E-state index in [-0.39, 0.29) is 0 Å². The molecule has 2 aromatic rings. The topological polar surface area (TPSA) is 21.3 Å². The molecule has 0 saturated heterocycles. The van der Waals surface area contributed by atoms with Gasteiger partial charge in [-0.25, -0.2) is 0 Å². The van der Waals surface area contributed by atoms with Crippen LogP contribution in [0.3, 0.4) is 0 Å². The second-order valence-corrected chi connectivity index (χ2v) is 5.40. The molecule has 0 amide bonds. The highest BCUT2D eigenvalue weighted by Crippen LogP contribution is 2.21. The summed E-state index contributed by atoms with van der Waals surface area (Å²) in [4.78, 5) is 0. The molecule has 0 aliphatic rings. The highest BCUT2D eigenvalue weighted by atomic mass is 79.9. The minimum absolute atomic E-state index is 0.637. The molecule has 2 rings (SSSR count). The Hall–Kier alpha value is -1.03. The average Bonchev–Trinajstić information content (AvgIpc) is 2.42. The van der Waals surface area contributed by atoms with Gasteiger partial charge in [0.05, 0.1) is 0 Å². The van der Waals surface area contributed by atoms with E-state index in [1.165, 1.54) is 0 Å². The maximum Gasteiger partial charge on any atom is 0.119 e. The molecule has 0 aliphatic carbocycles. The lowest BCUT2D eigenvalue weighted by molar-refractivity contribution is 0.313. The van der Waals surface area contributed by atoms with Gasteiger partial charge in [0.15, 0.2) is 0 Å². The second-order valence-electron chi connectivity index (χ2n) is 4.07. The summed E-state index contributed by atoms with van der Waals surface area (Å²) >= 11 is 9.53. The van der Waals surface area contributed by atoms with Crippen molar-refractivity contribution in [3.63, 3.8) is 0 Å². The van der Waals surface area contributed by atoms with Crippen molar-refractivity contribution in [3.05, 3.63) is 63.6 Å². The SMILES string of the molecule is Clc1cc(Br)ccc1CNCCOc1ccccc1. The monoisotopic (exact) mass is 339 g/mol. The van der Waals surface area contributed by atoms with E-state index in [0.717, 1.165) is 33.9 Å². The Kier molecular flexibility index (Phi) is 5.70. The molecule has 0 aliphatic heterocycles. The Balaban J connectivity index is 1.69. The Bertz CT molecular complexity index is 519. The Labute approximate surface area is 126 Å². The molecular weight excluding hydrogens is 326 g/mol. The molecule has 0 fully saturated rings. The van der Waals surface area contributed by atoms with Crippen molar-refractivity contribution in [3.8, 4) is 5.75 Å². The van der Waals surface area contributed by atoms with Gasteiger partial charge in [-0.05, 0) is 29.8 Å². The third kappa shape index (κ3) is 4.86. The summed E-state index contributed by atoms with van der Waals surface area (Å²) in [6, 6.07) is 15.7. The van der Waals surface area contributed by atoms with Crippen LogP contribution in [0.25, 0.3) is 0 Å². The molecule has 19 heavy (non-hydrogen) atoms. The lowest BCUT2D eigenvalue weighted by atomic mass is 10.2. The van der Waals surface area contributed by atoms with Crippen molar-refractivity contribution < 1.29 is 4.74 Å². The largest absolute Gasteiger partial charge is 0.492 e. The third-order valence-electron chi connectivity index (χ3n) is 2.62. The molecule has 0 aromatic heterocycles. The van der Waals surface area contributed by atoms with Crippen LogP contribution in [0.1, 0.15) is 5.56 Å². The quantitative estimate of drug-likeness (QED) is 0.793. The van der Waals surface area contributed by atoms with Crippen LogP contribution in [0.4, 0.5) is 0 Å². The van der Waals surface area contributed by atoms with E-state index in [2.05, 4.69) is 21.2 Å². The van der Waals surface area contributed by atoms with Crippen molar-refractivity contribution >= 4 is 27.5 Å². The Morgan fingerprint density at radius 2 is 1.89 bits per heavy atom. The van der Waals surface area contributed by atoms with Crippen molar-refractivity contribution in [2.45, 2.75) is 6.54 Å². The van der Waals surface area contributed by atoms with Crippen LogP contribution in [0.15, 0.2) is 53.0 Å². The van der Waals surface area contributed by atoms with E-state index >= 15 is 0 Å². The summed E-state index contributed by atoms with van der Waals surface area (Å²) in [5.41, 5.74) is 1.09. The van der Waals surface area contributed by atoms with Crippen LogP contribution < -0.4 is 10.1 Å². The first-order valence-corrected chi connectivity index (χ1v) is 7.25. The summed E-state index contributed by atoms with van der Waals surface area (Å²) in [6.45, 7) is 2.16. The number of rotatable bonds is 6. The van der Waals surface area contributed by atoms with Crippen molar-refractivity contribution in [2.75, 3.05) is 13.2 Å². The second kappa shape index (κ2) is 7.53. The van der Waals surface area contributed by atoms with Crippen LogP contribution in [-0.2, 0) is 6.54 Å². The lowest BCUT2D eigenvalue weighted by Gasteiger charge is -2.08. The summed E-state index contributed by atoms with van der Waals surface area (Å²) in [5, 5.41) is 4.08. The van der Waals surface area contributed by atoms with E-state index in [4.69, 9.17) is 16.3 Å². The smallest absolute Gasteiger partial charge is 0.119 e. The van der Waals surface area contributed by atoms with Gasteiger partial charge in [0.25, 0.3) is 0 Å². The molecule has 2 nitrogen and oxygen atoms in total. The first-order chi connectivity index (χ1) is 9.25. The van der Waals surface area contributed by atoms with E-state index in [1.807, 2.05) is 48.5 Å². The van der Waals surface area contributed by atoms with Crippen LogP contribution in [-0.4, -0.2) is 13.2 Å². The highest BCUT2D eigenvalue weighted by molar-refractivity contribution is 9.10. The van der Waals surface area contributed by atoms with E-state index in [9.17, 15) is 0 Å². The standard InChI is InChI=1S/C15H15BrClNO/c16-13-7-6-12(15(17)10-13)11-18-8-9-19-14-4-2-1-3-5-14/h1-7,10,18H,8-9,11H2. The number of nitrogens with one attached hydrogen (secondary N) is 1. The minimum atomic E-state index is 0.637. The van der Waals surface area contributed by atoms with Gasteiger partial charge in [0.1, 0.15) is 12.4 Å². The van der Waals surface area contributed by atoms with Gasteiger partial charge in [-0.15, -0.1) is 0 Å². The molecular formula is C15H15BrClNO. The summed E-state index contributed by atoms with van der Waals surface area (Å²) in [5.74, 6) is 0.894. The molecule has 1 N–H and O–H groups in total.